The van der Waals surface area contributed by atoms with E-state index >= 15 is 0 Å². The fourth-order valence-electron chi connectivity index (χ4n) is 3.10. The quantitative estimate of drug-likeness (QED) is 0.714. The summed E-state index contributed by atoms with van der Waals surface area (Å²) in [6.07, 6.45) is 3.96. The molecule has 1 fully saturated rings. The van der Waals surface area contributed by atoms with Gasteiger partial charge < -0.3 is 4.90 Å². The van der Waals surface area contributed by atoms with Crippen molar-refractivity contribution in [3.8, 4) is 0 Å². The van der Waals surface area contributed by atoms with Gasteiger partial charge in [-0.05, 0) is 37.1 Å². The Hall–Kier alpha value is -1.92. The van der Waals surface area contributed by atoms with Crippen LogP contribution >= 0.6 is 22.9 Å². The number of pyridine rings is 1. The summed E-state index contributed by atoms with van der Waals surface area (Å²) < 4.78 is 2.66. The second-order valence-electron chi connectivity index (χ2n) is 5.68. The van der Waals surface area contributed by atoms with Gasteiger partial charge in [-0.25, -0.2) is 0 Å². The van der Waals surface area contributed by atoms with Crippen LogP contribution in [0.5, 0.6) is 0 Å². The van der Waals surface area contributed by atoms with Crippen molar-refractivity contribution in [1.82, 2.24) is 19.5 Å². The summed E-state index contributed by atoms with van der Waals surface area (Å²) in [5.74, 6) is 1.20. The number of thiophene rings is 1. The Labute approximate surface area is 142 Å². The van der Waals surface area contributed by atoms with Crippen LogP contribution in [0.3, 0.4) is 0 Å². The van der Waals surface area contributed by atoms with E-state index in [0.717, 1.165) is 30.9 Å². The standard InChI is InChI=1S/C16H15ClN4OS/c17-13-7-6-12(23-13)16(22)20-8-3-4-11(10-20)15-19-18-14-5-1-2-9-21(14)15/h1-2,5-7,9,11H,3-4,8,10H2. The van der Waals surface area contributed by atoms with Gasteiger partial charge >= 0.3 is 0 Å². The molecule has 1 unspecified atom stereocenters. The average molecular weight is 347 g/mol. The van der Waals surface area contributed by atoms with Crippen molar-refractivity contribution >= 4 is 34.5 Å². The Balaban J connectivity index is 1.58. The molecular formula is C16H15ClN4OS. The molecule has 0 aromatic carbocycles. The van der Waals surface area contributed by atoms with Crippen molar-refractivity contribution in [2.24, 2.45) is 0 Å². The molecule has 0 saturated carbocycles. The van der Waals surface area contributed by atoms with Crippen molar-refractivity contribution in [3.05, 3.63) is 51.6 Å². The molecule has 0 bridgehead atoms. The van der Waals surface area contributed by atoms with Crippen molar-refractivity contribution in [2.75, 3.05) is 13.1 Å². The number of fused-ring (bicyclic) bond motifs is 1. The maximum absolute atomic E-state index is 12.6. The van der Waals surface area contributed by atoms with E-state index in [2.05, 4.69) is 10.2 Å². The fraction of sp³-hybridized carbons (Fsp3) is 0.312. The van der Waals surface area contributed by atoms with Gasteiger partial charge in [0, 0.05) is 25.2 Å². The first kappa shape index (κ1) is 14.7. The molecule has 0 aliphatic carbocycles. The van der Waals surface area contributed by atoms with E-state index in [1.807, 2.05) is 33.7 Å². The minimum atomic E-state index is 0.0559. The van der Waals surface area contributed by atoms with Gasteiger partial charge in [-0.3, -0.25) is 9.20 Å². The first-order valence-corrected chi connectivity index (χ1v) is 8.76. The number of piperidine rings is 1. The Morgan fingerprint density at radius 1 is 1.26 bits per heavy atom. The first-order chi connectivity index (χ1) is 11.2. The van der Waals surface area contributed by atoms with E-state index in [0.29, 0.717) is 15.8 Å². The lowest BCUT2D eigenvalue weighted by atomic mass is 9.97. The Morgan fingerprint density at radius 2 is 2.17 bits per heavy atom. The molecule has 1 aliphatic heterocycles. The van der Waals surface area contributed by atoms with E-state index in [4.69, 9.17) is 11.6 Å². The van der Waals surface area contributed by atoms with Crippen LogP contribution in [0.15, 0.2) is 36.5 Å². The topological polar surface area (TPSA) is 50.5 Å². The minimum absolute atomic E-state index is 0.0559. The van der Waals surface area contributed by atoms with Crippen LogP contribution in [0.2, 0.25) is 4.34 Å². The lowest BCUT2D eigenvalue weighted by Gasteiger charge is -2.31. The van der Waals surface area contributed by atoms with E-state index in [9.17, 15) is 4.79 Å². The smallest absolute Gasteiger partial charge is 0.263 e. The van der Waals surface area contributed by atoms with Crippen LogP contribution < -0.4 is 0 Å². The third-order valence-electron chi connectivity index (χ3n) is 4.20. The van der Waals surface area contributed by atoms with Crippen LogP contribution in [-0.4, -0.2) is 38.5 Å². The van der Waals surface area contributed by atoms with Gasteiger partial charge in [-0.15, -0.1) is 21.5 Å². The third-order valence-corrected chi connectivity index (χ3v) is 5.42. The van der Waals surface area contributed by atoms with E-state index < -0.39 is 0 Å². The molecule has 0 spiro atoms. The van der Waals surface area contributed by atoms with Crippen LogP contribution in [0.25, 0.3) is 5.65 Å². The van der Waals surface area contributed by atoms with Crippen LogP contribution in [-0.2, 0) is 0 Å². The second-order valence-corrected chi connectivity index (χ2v) is 7.40. The SMILES string of the molecule is O=C(c1ccc(Cl)s1)N1CCCC(c2nnc3ccccn23)C1. The number of hydrogen-bond donors (Lipinski definition) is 0. The third kappa shape index (κ3) is 2.72. The fourth-order valence-corrected chi connectivity index (χ4v) is 4.11. The molecule has 23 heavy (non-hydrogen) atoms. The molecule has 5 nitrogen and oxygen atoms in total. The number of hydrogen-bond acceptors (Lipinski definition) is 4. The molecule has 1 amide bonds. The number of likely N-dealkylation sites (tertiary alicyclic amines) is 1. The normalized spacial score (nSPS) is 18.5. The van der Waals surface area contributed by atoms with Gasteiger partial charge in [-0.1, -0.05) is 17.7 Å². The van der Waals surface area contributed by atoms with E-state index in [1.54, 1.807) is 12.1 Å². The predicted octanol–water partition coefficient (Wildman–Crippen LogP) is 3.46. The highest BCUT2D eigenvalue weighted by Gasteiger charge is 2.28. The van der Waals surface area contributed by atoms with Gasteiger partial charge in [0.15, 0.2) is 5.65 Å². The molecule has 1 aliphatic rings. The molecule has 0 N–H and O–H groups in total. The number of rotatable bonds is 2. The van der Waals surface area contributed by atoms with Crippen molar-refractivity contribution in [3.63, 3.8) is 0 Å². The van der Waals surface area contributed by atoms with Crippen LogP contribution in [0, 0.1) is 0 Å². The molecule has 0 radical (unpaired) electrons. The molecule has 1 saturated heterocycles. The molecule has 4 heterocycles. The summed E-state index contributed by atoms with van der Waals surface area (Å²) >= 11 is 7.28. The van der Waals surface area contributed by atoms with Crippen molar-refractivity contribution in [1.29, 1.82) is 0 Å². The zero-order chi connectivity index (χ0) is 15.8. The summed E-state index contributed by atoms with van der Waals surface area (Å²) in [6, 6.07) is 9.43. The second kappa shape index (κ2) is 5.94. The van der Waals surface area contributed by atoms with Gasteiger partial charge in [-0.2, -0.15) is 0 Å². The first-order valence-electron chi connectivity index (χ1n) is 7.56. The van der Waals surface area contributed by atoms with Crippen molar-refractivity contribution < 1.29 is 4.79 Å². The van der Waals surface area contributed by atoms with Gasteiger partial charge in [0.1, 0.15) is 5.82 Å². The lowest BCUT2D eigenvalue weighted by Crippen LogP contribution is -2.39. The molecular weight excluding hydrogens is 332 g/mol. The molecule has 3 aromatic heterocycles. The van der Waals surface area contributed by atoms with Gasteiger partial charge in [0.05, 0.1) is 9.21 Å². The van der Waals surface area contributed by atoms with Crippen LogP contribution in [0.1, 0.15) is 34.3 Å². The van der Waals surface area contributed by atoms with Crippen LogP contribution in [0.4, 0.5) is 0 Å². The minimum Gasteiger partial charge on any atom is -0.337 e. The van der Waals surface area contributed by atoms with E-state index in [-0.39, 0.29) is 11.8 Å². The molecule has 3 aromatic rings. The highest BCUT2D eigenvalue weighted by molar-refractivity contribution is 7.17. The Morgan fingerprint density at radius 3 is 3.00 bits per heavy atom. The molecule has 4 rings (SSSR count). The monoisotopic (exact) mass is 346 g/mol. The summed E-state index contributed by atoms with van der Waals surface area (Å²) in [7, 11) is 0. The molecule has 7 heteroatoms. The van der Waals surface area contributed by atoms with Crippen molar-refractivity contribution in [2.45, 2.75) is 18.8 Å². The number of amides is 1. The number of carbonyl (C=O) groups is 1. The highest BCUT2D eigenvalue weighted by Crippen LogP contribution is 2.29. The zero-order valence-electron chi connectivity index (χ0n) is 12.4. The average Bonchev–Trinajstić information content (AvgIpc) is 3.20. The van der Waals surface area contributed by atoms with Gasteiger partial charge in [0.2, 0.25) is 0 Å². The maximum atomic E-state index is 12.6. The number of halogens is 1. The zero-order valence-corrected chi connectivity index (χ0v) is 13.9. The summed E-state index contributed by atoms with van der Waals surface area (Å²) in [5.41, 5.74) is 0.844. The highest BCUT2D eigenvalue weighted by atomic mass is 35.5. The summed E-state index contributed by atoms with van der Waals surface area (Å²) in [4.78, 5) is 15.2. The number of nitrogens with zero attached hydrogens (tertiary/aromatic N) is 4. The number of aromatic nitrogens is 3. The summed E-state index contributed by atoms with van der Waals surface area (Å²) in [6.45, 7) is 1.45. The lowest BCUT2D eigenvalue weighted by molar-refractivity contribution is 0.0709. The Bertz CT molecular complexity index is 859. The molecule has 1 atom stereocenters. The molecule has 118 valence electrons. The van der Waals surface area contributed by atoms with Gasteiger partial charge in [0.25, 0.3) is 5.91 Å². The maximum Gasteiger partial charge on any atom is 0.263 e. The predicted molar refractivity (Wildman–Crippen MR) is 90.2 cm³/mol. The summed E-state index contributed by atoms with van der Waals surface area (Å²) in [5, 5.41) is 8.57. The van der Waals surface area contributed by atoms with E-state index in [1.165, 1.54) is 11.3 Å². The Kier molecular flexibility index (Phi) is 3.79. The number of carbonyl (C=O) groups excluding carboxylic acids is 1. The largest absolute Gasteiger partial charge is 0.337 e.